The third kappa shape index (κ3) is 3.44. The normalized spacial score (nSPS) is 16.0. The van der Waals surface area contributed by atoms with E-state index in [4.69, 9.17) is 9.84 Å². The molecule has 1 aliphatic heterocycles. The van der Waals surface area contributed by atoms with E-state index in [1.165, 1.54) is 12.1 Å². The standard InChI is InChI=1S/C22H19N3O3/c1-28-20-13-7-17(8-14-20)22-15-21(16-5-3-2-4-6-16)23-24(22)18-9-11-19(12-10-18)25(26)27/h2-14,22H,15H2,1H3. The summed E-state index contributed by atoms with van der Waals surface area (Å²) < 4.78 is 5.26. The number of hydrogen-bond donors (Lipinski definition) is 0. The number of rotatable bonds is 5. The number of benzene rings is 3. The molecule has 6 heteroatoms. The van der Waals surface area contributed by atoms with Crippen molar-refractivity contribution in [2.75, 3.05) is 12.1 Å². The van der Waals surface area contributed by atoms with Crippen LogP contribution in [0.2, 0.25) is 0 Å². The number of hydrazone groups is 1. The van der Waals surface area contributed by atoms with Crippen LogP contribution in [0.3, 0.4) is 0 Å². The first-order valence-corrected chi connectivity index (χ1v) is 8.96. The topological polar surface area (TPSA) is 68.0 Å². The first-order valence-electron chi connectivity index (χ1n) is 8.96. The number of nitro groups is 1. The molecule has 0 saturated carbocycles. The van der Waals surface area contributed by atoms with E-state index in [9.17, 15) is 10.1 Å². The van der Waals surface area contributed by atoms with Gasteiger partial charge in [0.1, 0.15) is 5.75 Å². The van der Waals surface area contributed by atoms with Crippen molar-refractivity contribution in [3.8, 4) is 5.75 Å². The van der Waals surface area contributed by atoms with Crippen LogP contribution in [0.1, 0.15) is 23.6 Å². The lowest BCUT2D eigenvalue weighted by molar-refractivity contribution is -0.384. The van der Waals surface area contributed by atoms with Crippen molar-refractivity contribution in [1.82, 2.24) is 0 Å². The van der Waals surface area contributed by atoms with Crippen molar-refractivity contribution in [2.45, 2.75) is 12.5 Å². The summed E-state index contributed by atoms with van der Waals surface area (Å²) in [6.07, 6.45) is 0.743. The van der Waals surface area contributed by atoms with Gasteiger partial charge in [0.05, 0.1) is 29.5 Å². The van der Waals surface area contributed by atoms with Crippen LogP contribution in [0.5, 0.6) is 5.75 Å². The molecule has 0 aliphatic carbocycles. The van der Waals surface area contributed by atoms with Gasteiger partial charge >= 0.3 is 0 Å². The van der Waals surface area contributed by atoms with Crippen molar-refractivity contribution in [3.63, 3.8) is 0 Å². The van der Waals surface area contributed by atoms with Crippen LogP contribution in [-0.4, -0.2) is 17.7 Å². The van der Waals surface area contributed by atoms with E-state index in [1.807, 2.05) is 59.6 Å². The molecule has 3 aromatic rings. The van der Waals surface area contributed by atoms with Crippen LogP contribution in [0, 0.1) is 10.1 Å². The minimum atomic E-state index is -0.395. The van der Waals surface area contributed by atoms with Gasteiger partial charge in [-0.25, -0.2) is 0 Å². The average Bonchev–Trinajstić information content (AvgIpc) is 3.20. The predicted molar refractivity (Wildman–Crippen MR) is 109 cm³/mol. The van der Waals surface area contributed by atoms with Crippen molar-refractivity contribution in [1.29, 1.82) is 0 Å². The SMILES string of the molecule is COc1ccc(C2CC(c3ccccc3)=NN2c2ccc([N+](=O)[O-])cc2)cc1. The smallest absolute Gasteiger partial charge is 0.269 e. The largest absolute Gasteiger partial charge is 0.497 e. The molecule has 1 atom stereocenters. The van der Waals surface area contributed by atoms with Gasteiger partial charge in [0.2, 0.25) is 0 Å². The Morgan fingerprint density at radius 3 is 2.29 bits per heavy atom. The Hall–Kier alpha value is -3.67. The van der Waals surface area contributed by atoms with E-state index in [1.54, 1.807) is 19.2 Å². The Morgan fingerprint density at radius 1 is 1.00 bits per heavy atom. The molecule has 0 aromatic heterocycles. The van der Waals surface area contributed by atoms with Crippen LogP contribution in [0.25, 0.3) is 0 Å². The highest BCUT2D eigenvalue weighted by atomic mass is 16.6. The van der Waals surface area contributed by atoms with Gasteiger partial charge in [0.15, 0.2) is 0 Å². The molecule has 1 aliphatic rings. The monoisotopic (exact) mass is 373 g/mol. The highest BCUT2D eigenvalue weighted by Gasteiger charge is 2.30. The third-order valence-corrected chi connectivity index (χ3v) is 4.84. The lowest BCUT2D eigenvalue weighted by Gasteiger charge is -2.24. The zero-order valence-electron chi connectivity index (χ0n) is 15.4. The maximum Gasteiger partial charge on any atom is 0.269 e. The van der Waals surface area contributed by atoms with Crippen LogP contribution >= 0.6 is 0 Å². The molecule has 1 unspecified atom stereocenters. The van der Waals surface area contributed by atoms with Gasteiger partial charge in [-0.05, 0) is 35.4 Å². The van der Waals surface area contributed by atoms with E-state index in [0.29, 0.717) is 0 Å². The average molecular weight is 373 g/mol. The molecule has 140 valence electrons. The fourth-order valence-electron chi connectivity index (χ4n) is 3.37. The van der Waals surface area contributed by atoms with Gasteiger partial charge in [-0.2, -0.15) is 5.10 Å². The number of non-ortho nitro benzene ring substituents is 1. The molecule has 1 heterocycles. The number of ether oxygens (including phenoxy) is 1. The number of methoxy groups -OCH3 is 1. The molecule has 3 aromatic carbocycles. The van der Waals surface area contributed by atoms with Gasteiger partial charge < -0.3 is 4.74 Å². The van der Waals surface area contributed by atoms with Gasteiger partial charge in [0.25, 0.3) is 5.69 Å². The van der Waals surface area contributed by atoms with Crippen LogP contribution in [-0.2, 0) is 0 Å². The Morgan fingerprint density at radius 2 is 1.68 bits per heavy atom. The van der Waals surface area contributed by atoms with Crippen molar-refractivity contribution >= 4 is 17.1 Å². The van der Waals surface area contributed by atoms with E-state index in [2.05, 4.69) is 0 Å². The van der Waals surface area contributed by atoms with Crippen LogP contribution in [0.15, 0.2) is 84.0 Å². The summed E-state index contributed by atoms with van der Waals surface area (Å²) in [5.41, 5.74) is 4.05. The fraction of sp³-hybridized carbons (Fsp3) is 0.136. The third-order valence-electron chi connectivity index (χ3n) is 4.84. The highest BCUT2D eigenvalue weighted by Crippen LogP contribution is 2.37. The molecule has 0 bridgehead atoms. The van der Waals surface area contributed by atoms with Crippen LogP contribution in [0.4, 0.5) is 11.4 Å². The summed E-state index contributed by atoms with van der Waals surface area (Å²) >= 11 is 0. The second-order valence-corrected chi connectivity index (χ2v) is 6.52. The highest BCUT2D eigenvalue weighted by molar-refractivity contribution is 6.03. The van der Waals surface area contributed by atoms with E-state index < -0.39 is 4.92 Å². The lowest BCUT2D eigenvalue weighted by Crippen LogP contribution is -2.18. The van der Waals surface area contributed by atoms with Crippen molar-refractivity contribution in [2.24, 2.45) is 5.10 Å². The predicted octanol–water partition coefficient (Wildman–Crippen LogP) is 4.96. The van der Waals surface area contributed by atoms with E-state index >= 15 is 0 Å². The van der Waals surface area contributed by atoms with Gasteiger partial charge in [-0.1, -0.05) is 42.5 Å². The maximum atomic E-state index is 11.0. The molecule has 0 N–H and O–H groups in total. The first-order chi connectivity index (χ1) is 13.7. The molecule has 0 fully saturated rings. The minimum absolute atomic E-state index is 0.00238. The van der Waals surface area contributed by atoms with Gasteiger partial charge in [-0.3, -0.25) is 15.1 Å². The first kappa shape index (κ1) is 17.7. The molecular weight excluding hydrogens is 354 g/mol. The Kier molecular flexibility index (Phi) is 4.76. The van der Waals surface area contributed by atoms with Gasteiger partial charge in [-0.15, -0.1) is 0 Å². The molecule has 4 rings (SSSR count). The molecule has 28 heavy (non-hydrogen) atoms. The molecular formula is C22H19N3O3. The Balaban J connectivity index is 1.72. The second kappa shape index (κ2) is 7.52. The molecule has 0 saturated heterocycles. The van der Waals surface area contributed by atoms with Crippen LogP contribution < -0.4 is 9.75 Å². The summed E-state index contributed by atoms with van der Waals surface area (Å²) in [4.78, 5) is 10.6. The van der Waals surface area contributed by atoms with E-state index in [0.717, 1.165) is 34.7 Å². The molecule has 0 amide bonds. The number of hydrogen-bond acceptors (Lipinski definition) is 5. The Labute approximate surface area is 162 Å². The van der Waals surface area contributed by atoms with Crippen molar-refractivity contribution < 1.29 is 9.66 Å². The molecule has 0 radical (unpaired) electrons. The fourth-order valence-corrected chi connectivity index (χ4v) is 3.37. The quantitative estimate of drug-likeness (QED) is 0.468. The molecule has 0 spiro atoms. The summed E-state index contributed by atoms with van der Waals surface area (Å²) in [5.74, 6) is 0.799. The van der Waals surface area contributed by atoms with Crippen molar-refractivity contribution in [3.05, 3.63) is 100 Å². The zero-order valence-corrected chi connectivity index (χ0v) is 15.4. The van der Waals surface area contributed by atoms with E-state index in [-0.39, 0.29) is 11.7 Å². The summed E-state index contributed by atoms with van der Waals surface area (Å²) in [7, 11) is 1.64. The summed E-state index contributed by atoms with van der Waals surface area (Å²) in [5, 5.41) is 17.8. The lowest BCUT2D eigenvalue weighted by atomic mass is 9.98. The molecule has 6 nitrogen and oxygen atoms in total. The minimum Gasteiger partial charge on any atom is -0.497 e. The second-order valence-electron chi connectivity index (χ2n) is 6.52. The summed E-state index contributed by atoms with van der Waals surface area (Å²) in [6, 6.07) is 24.5. The maximum absolute atomic E-state index is 11.0. The zero-order chi connectivity index (χ0) is 19.5. The van der Waals surface area contributed by atoms with Gasteiger partial charge in [0, 0.05) is 18.6 Å². The number of anilines is 1. The summed E-state index contributed by atoms with van der Waals surface area (Å²) in [6.45, 7) is 0. The number of nitro benzene ring substituents is 1. The number of nitrogens with zero attached hydrogens (tertiary/aromatic N) is 3. The Bertz CT molecular complexity index is 999.